The predicted octanol–water partition coefficient (Wildman–Crippen LogP) is 1.64. The summed E-state index contributed by atoms with van der Waals surface area (Å²) in [6.45, 7) is 4.85. The lowest BCUT2D eigenvalue weighted by Crippen LogP contribution is -2.55. The maximum atomic E-state index is 13.3. The first-order valence-electron chi connectivity index (χ1n) is 13.2. The number of rotatable bonds is 11. The van der Waals surface area contributed by atoms with Crippen LogP contribution in [0.1, 0.15) is 88.0 Å². The molecule has 37 heavy (non-hydrogen) atoms. The van der Waals surface area contributed by atoms with Gasteiger partial charge in [-0.2, -0.15) is 0 Å². The Bertz CT molecular complexity index is 984. The molecule has 11 nitrogen and oxygen atoms in total. The first-order chi connectivity index (χ1) is 17.6. The molecule has 2 atom stereocenters. The van der Waals surface area contributed by atoms with E-state index in [1.54, 1.807) is 20.8 Å². The van der Waals surface area contributed by atoms with Crippen molar-refractivity contribution in [2.45, 2.75) is 96.2 Å². The van der Waals surface area contributed by atoms with Crippen molar-refractivity contribution in [2.24, 2.45) is 5.92 Å². The molecule has 0 aromatic carbocycles. The minimum absolute atomic E-state index is 0.146. The van der Waals surface area contributed by atoms with Crippen molar-refractivity contribution in [3.8, 4) is 0 Å². The number of aryl methyl sites for hydroxylation is 1. The smallest absolute Gasteiger partial charge is 0.276 e. The second kappa shape index (κ2) is 12.8. The molecule has 1 aliphatic carbocycles. The molecule has 2 aliphatic rings. The number of oxazole rings is 1. The van der Waals surface area contributed by atoms with Crippen LogP contribution < -0.4 is 16.0 Å². The van der Waals surface area contributed by atoms with Crippen LogP contribution in [0.2, 0.25) is 0 Å². The molecule has 2 unspecified atom stereocenters. The van der Waals surface area contributed by atoms with E-state index in [-0.39, 0.29) is 18.1 Å². The van der Waals surface area contributed by atoms with Crippen LogP contribution in [0.3, 0.4) is 0 Å². The fourth-order valence-electron chi connectivity index (χ4n) is 5.03. The van der Waals surface area contributed by atoms with Gasteiger partial charge in [-0.05, 0) is 45.4 Å². The minimum Gasteiger partial charge on any atom is -0.448 e. The lowest BCUT2D eigenvalue weighted by Gasteiger charge is -2.27. The van der Waals surface area contributed by atoms with E-state index in [9.17, 15) is 24.0 Å². The van der Waals surface area contributed by atoms with Gasteiger partial charge in [0.15, 0.2) is 11.6 Å². The Morgan fingerprint density at radius 2 is 1.89 bits per heavy atom. The number of carbonyl (C=O) groups excluding carboxylic acids is 5. The summed E-state index contributed by atoms with van der Waals surface area (Å²) in [5.41, 5.74) is -0.898. The molecule has 1 saturated heterocycles. The Balaban J connectivity index is 1.64. The SMILES string of the molecule is Cc1nc(C(=O)N2CCCC2C(=O)NC(CCC2CCCCC2)C(=O)NCC(=O)NC(C)(C)C=O)co1. The molecule has 1 aliphatic heterocycles. The van der Waals surface area contributed by atoms with Gasteiger partial charge < -0.3 is 30.1 Å². The molecule has 1 aromatic heterocycles. The third kappa shape index (κ3) is 8.13. The van der Waals surface area contributed by atoms with Crippen LogP contribution in [-0.4, -0.2) is 70.5 Å². The van der Waals surface area contributed by atoms with Gasteiger partial charge >= 0.3 is 0 Å². The highest BCUT2D eigenvalue weighted by molar-refractivity contribution is 5.97. The van der Waals surface area contributed by atoms with Crippen molar-refractivity contribution in [3.05, 3.63) is 17.8 Å². The number of nitrogens with one attached hydrogen (secondary N) is 3. The van der Waals surface area contributed by atoms with E-state index in [4.69, 9.17) is 4.42 Å². The Morgan fingerprint density at radius 1 is 1.16 bits per heavy atom. The highest BCUT2D eigenvalue weighted by atomic mass is 16.3. The van der Waals surface area contributed by atoms with Gasteiger partial charge in [0, 0.05) is 13.5 Å². The number of hydrogen-bond acceptors (Lipinski definition) is 7. The molecular formula is C26H39N5O6. The van der Waals surface area contributed by atoms with Crippen molar-refractivity contribution in [1.29, 1.82) is 0 Å². The van der Waals surface area contributed by atoms with Crippen LogP contribution in [-0.2, 0) is 19.2 Å². The number of aromatic nitrogens is 1. The largest absolute Gasteiger partial charge is 0.448 e. The van der Waals surface area contributed by atoms with E-state index in [1.807, 2.05) is 0 Å². The van der Waals surface area contributed by atoms with Crippen LogP contribution >= 0.6 is 0 Å². The maximum absolute atomic E-state index is 13.3. The van der Waals surface area contributed by atoms with Crippen LogP contribution in [0.5, 0.6) is 0 Å². The van der Waals surface area contributed by atoms with E-state index >= 15 is 0 Å². The first-order valence-corrected chi connectivity index (χ1v) is 13.2. The molecule has 3 N–H and O–H groups in total. The van der Waals surface area contributed by atoms with Crippen molar-refractivity contribution in [2.75, 3.05) is 13.1 Å². The van der Waals surface area contributed by atoms with Crippen LogP contribution in [0, 0.1) is 12.8 Å². The molecule has 11 heteroatoms. The fraction of sp³-hybridized carbons (Fsp3) is 0.692. The maximum Gasteiger partial charge on any atom is 0.276 e. The number of hydrogen-bond donors (Lipinski definition) is 3. The second-order valence-corrected chi connectivity index (χ2v) is 10.7. The van der Waals surface area contributed by atoms with Gasteiger partial charge in [0.25, 0.3) is 5.91 Å². The lowest BCUT2D eigenvalue weighted by molar-refractivity contribution is -0.132. The average molecular weight is 518 g/mol. The van der Waals surface area contributed by atoms with Crippen molar-refractivity contribution < 1.29 is 28.4 Å². The molecule has 2 fully saturated rings. The van der Waals surface area contributed by atoms with E-state index in [0.717, 1.165) is 19.3 Å². The molecule has 1 saturated carbocycles. The summed E-state index contributed by atoms with van der Waals surface area (Å²) in [6.07, 6.45) is 10.0. The Kier molecular flexibility index (Phi) is 9.82. The van der Waals surface area contributed by atoms with Gasteiger partial charge in [-0.1, -0.05) is 32.1 Å². The number of aldehydes is 1. The predicted molar refractivity (Wildman–Crippen MR) is 134 cm³/mol. The third-order valence-corrected chi connectivity index (χ3v) is 7.06. The molecule has 0 spiro atoms. The molecule has 0 bridgehead atoms. The molecule has 4 amide bonds. The van der Waals surface area contributed by atoms with Gasteiger partial charge in [0.2, 0.25) is 17.7 Å². The molecular weight excluding hydrogens is 478 g/mol. The first kappa shape index (κ1) is 28.3. The van der Waals surface area contributed by atoms with Gasteiger partial charge in [0.05, 0.1) is 12.1 Å². The zero-order valence-corrected chi connectivity index (χ0v) is 22.0. The average Bonchev–Trinajstić information content (AvgIpc) is 3.54. The third-order valence-electron chi connectivity index (χ3n) is 7.06. The fourth-order valence-corrected chi connectivity index (χ4v) is 5.03. The Hall–Kier alpha value is -3.24. The molecule has 1 aromatic rings. The van der Waals surface area contributed by atoms with E-state index in [1.165, 1.54) is 30.4 Å². The number of likely N-dealkylation sites (tertiary alicyclic amines) is 1. The number of amides is 4. The number of nitrogens with zero attached hydrogens (tertiary/aromatic N) is 2. The van der Waals surface area contributed by atoms with Crippen LogP contribution in [0.25, 0.3) is 0 Å². The van der Waals surface area contributed by atoms with Crippen molar-refractivity contribution >= 4 is 29.9 Å². The normalized spacial score (nSPS) is 19.2. The summed E-state index contributed by atoms with van der Waals surface area (Å²) in [5.74, 6) is -0.890. The number of carbonyl (C=O) groups is 5. The molecule has 3 rings (SSSR count). The van der Waals surface area contributed by atoms with E-state index in [0.29, 0.717) is 43.9 Å². The minimum atomic E-state index is -1.04. The summed E-state index contributed by atoms with van der Waals surface area (Å²) >= 11 is 0. The van der Waals surface area contributed by atoms with Crippen LogP contribution in [0.15, 0.2) is 10.7 Å². The standard InChI is InChI=1S/C26H39N5O6/c1-17-28-20(15-37-17)25(36)31-13-7-10-21(31)24(35)29-19(12-11-18-8-5-4-6-9-18)23(34)27-14-22(33)30-26(2,3)16-32/h15-16,18-19,21H,4-14H2,1-3H3,(H,27,34)(H,29,35)(H,30,33). The van der Waals surface area contributed by atoms with E-state index in [2.05, 4.69) is 20.9 Å². The van der Waals surface area contributed by atoms with Crippen LogP contribution in [0.4, 0.5) is 0 Å². The summed E-state index contributed by atoms with van der Waals surface area (Å²) in [7, 11) is 0. The second-order valence-electron chi connectivity index (χ2n) is 10.7. The summed E-state index contributed by atoms with van der Waals surface area (Å²) in [4.78, 5) is 68.1. The van der Waals surface area contributed by atoms with Gasteiger partial charge in [-0.25, -0.2) is 4.98 Å². The lowest BCUT2D eigenvalue weighted by atomic mass is 9.85. The molecule has 2 heterocycles. The van der Waals surface area contributed by atoms with Crippen molar-refractivity contribution in [3.63, 3.8) is 0 Å². The van der Waals surface area contributed by atoms with Gasteiger partial charge in [-0.3, -0.25) is 19.2 Å². The summed E-state index contributed by atoms with van der Waals surface area (Å²) in [6, 6.07) is -1.56. The van der Waals surface area contributed by atoms with Gasteiger partial charge in [-0.15, -0.1) is 0 Å². The zero-order chi connectivity index (χ0) is 27.0. The van der Waals surface area contributed by atoms with Crippen molar-refractivity contribution in [1.82, 2.24) is 25.8 Å². The topological polar surface area (TPSA) is 151 Å². The Labute approximate surface area is 217 Å². The van der Waals surface area contributed by atoms with Gasteiger partial charge in [0.1, 0.15) is 24.6 Å². The molecule has 204 valence electrons. The monoisotopic (exact) mass is 517 g/mol. The summed E-state index contributed by atoms with van der Waals surface area (Å²) < 4.78 is 5.15. The van der Waals surface area contributed by atoms with E-state index < -0.39 is 35.3 Å². The quantitative estimate of drug-likeness (QED) is 0.378. The highest BCUT2D eigenvalue weighted by Gasteiger charge is 2.37. The Morgan fingerprint density at radius 3 is 2.54 bits per heavy atom. The summed E-state index contributed by atoms with van der Waals surface area (Å²) in [5, 5.41) is 7.98. The highest BCUT2D eigenvalue weighted by Crippen LogP contribution is 2.28. The molecule has 0 radical (unpaired) electrons. The zero-order valence-electron chi connectivity index (χ0n) is 22.0.